The summed E-state index contributed by atoms with van der Waals surface area (Å²) in [6.45, 7) is 2.00. The van der Waals surface area contributed by atoms with Crippen LogP contribution in [0.1, 0.15) is 68.1 Å². The number of hydrogen-bond acceptors (Lipinski definition) is 5. The number of imidazole rings is 1. The van der Waals surface area contributed by atoms with Gasteiger partial charge in [0.1, 0.15) is 11.9 Å². The number of aryl methyl sites for hydroxylation is 1. The first-order valence-electron chi connectivity index (χ1n) is 13.3. The maximum atomic E-state index is 12.7. The predicted octanol–water partition coefficient (Wildman–Crippen LogP) is 5.32. The third-order valence-corrected chi connectivity index (χ3v) is 8.35. The van der Waals surface area contributed by atoms with Gasteiger partial charge in [-0.25, -0.2) is 9.78 Å². The molecular formula is C29H32N4O5. The Morgan fingerprint density at radius 2 is 2.00 bits per heavy atom. The lowest BCUT2D eigenvalue weighted by molar-refractivity contribution is -0.143. The highest BCUT2D eigenvalue weighted by Gasteiger charge is 2.35. The predicted molar refractivity (Wildman–Crippen MR) is 143 cm³/mol. The fourth-order valence-corrected chi connectivity index (χ4v) is 6.38. The molecule has 6 rings (SSSR count). The van der Waals surface area contributed by atoms with Gasteiger partial charge in [0.15, 0.2) is 0 Å². The molecule has 1 fully saturated rings. The van der Waals surface area contributed by atoms with Crippen LogP contribution in [0.3, 0.4) is 0 Å². The van der Waals surface area contributed by atoms with Crippen molar-refractivity contribution in [2.45, 2.75) is 63.6 Å². The number of carbonyl (C=O) groups is 2. The minimum Gasteiger partial charge on any atom is -0.481 e. The van der Waals surface area contributed by atoms with Crippen LogP contribution < -0.4 is 4.90 Å². The van der Waals surface area contributed by atoms with Crippen LogP contribution in [0.4, 0.5) is 10.5 Å². The number of ether oxygens (including phenoxy) is 1. The van der Waals surface area contributed by atoms with E-state index in [9.17, 15) is 19.8 Å². The number of carboxylic acids is 1. The Morgan fingerprint density at radius 3 is 2.79 bits per heavy atom. The lowest BCUT2D eigenvalue weighted by Gasteiger charge is -2.34. The summed E-state index contributed by atoms with van der Waals surface area (Å²) in [5.41, 5.74) is 5.03. The molecule has 0 spiro atoms. The van der Waals surface area contributed by atoms with Gasteiger partial charge in [-0.1, -0.05) is 12.5 Å². The lowest BCUT2D eigenvalue weighted by Crippen LogP contribution is -2.42. The van der Waals surface area contributed by atoms with E-state index in [1.807, 2.05) is 49.5 Å². The zero-order valence-corrected chi connectivity index (χ0v) is 21.6. The first-order valence-corrected chi connectivity index (χ1v) is 13.3. The van der Waals surface area contributed by atoms with Crippen molar-refractivity contribution in [3.8, 4) is 0 Å². The van der Waals surface area contributed by atoms with Gasteiger partial charge in [-0.15, -0.1) is 0 Å². The number of anilines is 1. The summed E-state index contributed by atoms with van der Waals surface area (Å²) in [6.07, 6.45) is 4.72. The van der Waals surface area contributed by atoms with E-state index in [-0.39, 0.29) is 12.1 Å². The van der Waals surface area contributed by atoms with Gasteiger partial charge in [0.25, 0.3) is 0 Å². The lowest BCUT2D eigenvalue weighted by atomic mass is 9.85. The SMILES string of the molecule is COC(=O)N1c2ccc3c(nc([C@@H](O)c4ccc5[nH]ccc5c4)n3[C@@H]3CCC[C@@H](C(=O)O)C3)c2CC[C@@H]1C. The van der Waals surface area contributed by atoms with Crippen molar-refractivity contribution in [1.82, 2.24) is 14.5 Å². The summed E-state index contributed by atoms with van der Waals surface area (Å²) in [7, 11) is 1.38. The quantitative estimate of drug-likeness (QED) is 0.338. The van der Waals surface area contributed by atoms with Gasteiger partial charge in [-0.2, -0.15) is 0 Å². The number of carboxylic acid groups (broad SMARTS) is 1. The Hall–Kier alpha value is -3.85. The van der Waals surface area contributed by atoms with Crippen molar-refractivity contribution in [3.05, 3.63) is 59.5 Å². The monoisotopic (exact) mass is 516 g/mol. The fourth-order valence-electron chi connectivity index (χ4n) is 6.38. The van der Waals surface area contributed by atoms with E-state index in [0.717, 1.165) is 64.4 Å². The second-order valence-corrected chi connectivity index (χ2v) is 10.6. The number of hydrogen-bond donors (Lipinski definition) is 3. The van der Waals surface area contributed by atoms with Gasteiger partial charge in [0.2, 0.25) is 0 Å². The van der Waals surface area contributed by atoms with E-state index in [0.29, 0.717) is 18.7 Å². The second-order valence-electron chi connectivity index (χ2n) is 10.6. The maximum absolute atomic E-state index is 12.7. The third kappa shape index (κ3) is 3.93. The summed E-state index contributed by atoms with van der Waals surface area (Å²) in [5.74, 6) is -0.706. The van der Waals surface area contributed by atoms with Gasteiger partial charge in [0, 0.05) is 29.4 Å². The summed E-state index contributed by atoms with van der Waals surface area (Å²) < 4.78 is 7.14. The number of nitrogens with one attached hydrogen (secondary N) is 1. The Bertz CT molecular complexity index is 1540. The molecule has 0 saturated heterocycles. The second kappa shape index (κ2) is 9.47. The maximum Gasteiger partial charge on any atom is 0.414 e. The number of fused-ring (bicyclic) bond motifs is 4. The van der Waals surface area contributed by atoms with Crippen LogP contribution in [-0.2, 0) is 16.0 Å². The standard InChI is InChI=1S/C29H32N4O5/c1-16-6-8-21-23(32(16)29(37)38-2)10-11-24-25(21)31-27(33(24)20-5-3-4-19(15-20)28(35)36)26(34)18-7-9-22-17(14-18)12-13-30-22/h7,9-14,16,19-20,26,30,34H,3-6,8,15H2,1-2H3,(H,35,36)/t16-,19+,20+,26-/m0/s1. The van der Waals surface area contributed by atoms with Crippen LogP contribution >= 0.6 is 0 Å². The highest BCUT2D eigenvalue weighted by Crippen LogP contribution is 2.42. The van der Waals surface area contributed by atoms with E-state index < -0.39 is 24.1 Å². The minimum absolute atomic E-state index is 0.0118. The molecule has 1 aliphatic heterocycles. The van der Waals surface area contributed by atoms with Gasteiger partial charge < -0.3 is 24.5 Å². The molecule has 9 nitrogen and oxygen atoms in total. The number of aromatic amines is 1. The minimum atomic E-state index is -0.998. The normalized spacial score (nSPS) is 22.4. The Kier molecular flexibility index (Phi) is 6.10. The van der Waals surface area contributed by atoms with Crippen molar-refractivity contribution >= 4 is 39.7 Å². The number of methoxy groups -OCH3 is 1. The molecule has 1 amide bonds. The fraction of sp³-hybridized carbons (Fsp3) is 0.414. The molecule has 9 heteroatoms. The smallest absolute Gasteiger partial charge is 0.414 e. The molecule has 2 aromatic heterocycles. The molecule has 2 aliphatic rings. The molecule has 1 saturated carbocycles. The van der Waals surface area contributed by atoms with Gasteiger partial charge in [-0.3, -0.25) is 9.69 Å². The topological polar surface area (TPSA) is 121 Å². The third-order valence-electron chi connectivity index (χ3n) is 8.35. The summed E-state index contributed by atoms with van der Waals surface area (Å²) in [6, 6.07) is 11.5. The van der Waals surface area contributed by atoms with Gasteiger partial charge in [-0.05, 0) is 80.3 Å². The van der Waals surface area contributed by atoms with Crippen LogP contribution in [0, 0.1) is 5.92 Å². The molecule has 2 aromatic carbocycles. The Labute approximate surface area is 220 Å². The van der Waals surface area contributed by atoms with Crippen LogP contribution in [0.15, 0.2) is 42.6 Å². The molecule has 3 heterocycles. The van der Waals surface area contributed by atoms with Crippen LogP contribution in [0.2, 0.25) is 0 Å². The Morgan fingerprint density at radius 1 is 1.16 bits per heavy atom. The highest BCUT2D eigenvalue weighted by molar-refractivity contribution is 5.95. The number of aliphatic hydroxyl groups is 1. The van der Waals surface area contributed by atoms with Crippen molar-refractivity contribution in [3.63, 3.8) is 0 Å². The number of carbonyl (C=O) groups excluding carboxylic acids is 1. The average molecular weight is 517 g/mol. The summed E-state index contributed by atoms with van der Waals surface area (Å²) >= 11 is 0. The number of amides is 1. The van der Waals surface area contributed by atoms with E-state index >= 15 is 0 Å². The number of nitrogens with zero attached hydrogens (tertiary/aromatic N) is 3. The summed E-state index contributed by atoms with van der Waals surface area (Å²) in [5, 5.41) is 22.5. The number of aliphatic hydroxyl groups excluding tert-OH is 1. The molecule has 1 aliphatic carbocycles. The van der Waals surface area contributed by atoms with E-state index in [1.165, 1.54) is 7.11 Å². The molecule has 198 valence electrons. The molecule has 4 atom stereocenters. The molecule has 4 aromatic rings. The van der Waals surface area contributed by atoms with E-state index in [2.05, 4.69) is 9.55 Å². The largest absolute Gasteiger partial charge is 0.481 e. The zero-order valence-electron chi connectivity index (χ0n) is 21.6. The number of rotatable bonds is 4. The molecule has 0 unspecified atom stereocenters. The zero-order chi connectivity index (χ0) is 26.6. The van der Waals surface area contributed by atoms with Crippen molar-refractivity contribution in [2.75, 3.05) is 12.0 Å². The molecule has 38 heavy (non-hydrogen) atoms. The van der Waals surface area contributed by atoms with Crippen LogP contribution in [0.25, 0.3) is 21.9 Å². The number of aromatic nitrogens is 3. The van der Waals surface area contributed by atoms with Gasteiger partial charge in [0.05, 0.1) is 29.7 Å². The Balaban J connectivity index is 1.53. The first-order chi connectivity index (χ1) is 18.4. The highest BCUT2D eigenvalue weighted by atomic mass is 16.5. The average Bonchev–Trinajstić information content (AvgIpc) is 3.56. The number of aliphatic carboxylic acids is 1. The molecule has 0 bridgehead atoms. The van der Waals surface area contributed by atoms with E-state index in [1.54, 1.807) is 4.90 Å². The van der Waals surface area contributed by atoms with Crippen LogP contribution in [0.5, 0.6) is 0 Å². The summed E-state index contributed by atoms with van der Waals surface area (Å²) in [4.78, 5) is 34.4. The van der Waals surface area contributed by atoms with E-state index in [4.69, 9.17) is 9.72 Å². The van der Waals surface area contributed by atoms with Gasteiger partial charge >= 0.3 is 12.1 Å². The number of H-pyrrole nitrogens is 1. The number of benzene rings is 2. The molecule has 3 N–H and O–H groups in total. The molecule has 0 radical (unpaired) electrons. The first kappa shape index (κ1) is 24.5. The van der Waals surface area contributed by atoms with Crippen molar-refractivity contribution < 1.29 is 24.5 Å². The van der Waals surface area contributed by atoms with Crippen LogP contribution in [-0.4, -0.2) is 50.0 Å². The van der Waals surface area contributed by atoms with Crippen molar-refractivity contribution in [2.24, 2.45) is 5.92 Å². The molecular weight excluding hydrogens is 484 g/mol. The van der Waals surface area contributed by atoms with Crippen molar-refractivity contribution in [1.29, 1.82) is 0 Å².